The fraction of sp³-hybridized carbons (Fsp3) is 0.0833. The van der Waals surface area contributed by atoms with E-state index in [2.05, 4.69) is 29.4 Å². The molecule has 0 N–H and O–H groups in total. The van der Waals surface area contributed by atoms with Gasteiger partial charge in [-0.1, -0.05) is 72.3 Å². The number of carbonyl (C=O) groups is 1. The molecule has 4 rings (SSSR count). The number of carbonyl (C=O) groups excluding carboxylic acids is 1. The minimum atomic E-state index is -0.0940. The molecular weight excluding hydrogens is 332 g/mol. The third-order valence-corrected chi connectivity index (χ3v) is 4.67. The van der Waals surface area contributed by atoms with Crippen molar-refractivity contribution in [3.8, 4) is 11.1 Å². The Morgan fingerprint density at radius 2 is 1.41 bits per heavy atom. The van der Waals surface area contributed by atoms with Crippen molar-refractivity contribution in [1.29, 1.82) is 0 Å². The maximum absolute atomic E-state index is 12.8. The first-order chi connectivity index (χ1) is 13.1. The highest BCUT2D eigenvalue weighted by molar-refractivity contribution is 6.32. The third kappa shape index (κ3) is 3.44. The number of hydrogen-bond donors (Lipinski definition) is 0. The van der Waals surface area contributed by atoms with Crippen LogP contribution in [0.25, 0.3) is 17.2 Å². The molecule has 3 nitrogen and oxygen atoms in total. The Bertz CT molecular complexity index is 1030. The predicted molar refractivity (Wildman–Crippen MR) is 112 cm³/mol. The predicted octanol–water partition coefficient (Wildman–Crippen LogP) is 5.47. The molecule has 27 heavy (non-hydrogen) atoms. The van der Waals surface area contributed by atoms with Crippen LogP contribution in [0.2, 0.25) is 0 Å². The summed E-state index contributed by atoms with van der Waals surface area (Å²) in [6.07, 6.45) is 1.91. The third-order valence-electron chi connectivity index (χ3n) is 4.67. The van der Waals surface area contributed by atoms with E-state index in [-0.39, 0.29) is 5.91 Å². The molecule has 132 valence electrons. The van der Waals surface area contributed by atoms with Gasteiger partial charge < -0.3 is 0 Å². The Hall–Kier alpha value is -3.46. The van der Waals surface area contributed by atoms with Gasteiger partial charge in [0, 0.05) is 0 Å². The molecule has 0 atom stereocenters. The number of nitrogens with zero attached hydrogens (tertiary/aromatic N) is 2. The van der Waals surface area contributed by atoms with Gasteiger partial charge in [0.05, 0.1) is 17.0 Å². The maximum Gasteiger partial charge on any atom is 0.280 e. The van der Waals surface area contributed by atoms with Crippen molar-refractivity contribution < 1.29 is 4.79 Å². The van der Waals surface area contributed by atoms with Gasteiger partial charge in [-0.15, -0.1) is 0 Å². The zero-order valence-corrected chi connectivity index (χ0v) is 15.4. The summed E-state index contributed by atoms with van der Waals surface area (Å²) in [5.41, 5.74) is 6.61. The highest BCUT2D eigenvalue weighted by atomic mass is 16.2. The number of rotatable bonds is 3. The van der Waals surface area contributed by atoms with Crippen molar-refractivity contribution in [1.82, 2.24) is 0 Å². The lowest BCUT2D eigenvalue weighted by Gasteiger charge is -2.11. The van der Waals surface area contributed by atoms with Gasteiger partial charge in [0.25, 0.3) is 5.91 Å². The first-order valence-electron chi connectivity index (χ1n) is 8.96. The standard InChI is InChI=1S/C24H20N2O/c1-17-8-14-22(15-9-17)26-24(27)23(18(2)25-26)16-19-10-12-21(13-11-19)20-6-4-3-5-7-20/h3-16H,1-2H3. The molecule has 1 amide bonds. The molecule has 3 aromatic rings. The molecule has 1 aliphatic heterocycles. The lowest BCUT2D eigenvalue weighted by molar-refractivity contribution is -0.114. The number of hydrogen-bond acceptors (Lipinski definition) is 2. The largest absolute Gasteiger partial charge is 0.280 e. The fourth-order valence-electron chi connectivity index (χ4n) is 3.11. The van der Waals surface area contributed by atoms with E-state index in [1.54, 1.807) is 0 Å². The van der Waals surface area contributed by atoms with Gasteiger partial charge in [0.2, 0.25) is 0 Å². The van der Waals surface area contributed by atoms with Crippen LogP contribution >= 0.6 is 0 Å². The number of aryl methyl sites for hydroxylation is 1. The number of benzene rings is 3. The molecular formula is C24H20N2O. The molecule has 0 bridgehead atoms. The highest BCUT2D eigenvalue weighted by Gasteiger charge is 2.28. The zero-order valence-electron chi connectivity index (χ0n) is 15.4. The summed E-state index contributed by atoms with van der Waals surface area (Å²) >= 11 is 0. The Morgan fingerprint density at radius 1 is 0.778 bits per heavy atom. The lowest BCUT2D eigenvalue weighted by Crippen LogP contribution is -2.21. The van der Waals surface area contributed by atoms with Crippen LogP contribution in [0.3, 0.4) is 0 Å². The van der Waals surface area contributed by atoms with Crippen LogP contribution in [0.5, 0.6) is 0 Å². The molecule has 0 spiro atoms. The Labute approximate surface area is 159 Å². The quantitative estimate of drug-likeness (QED) is 0.575. The second-order valence-corrected chi connectivity index (χ2v) is 6.68. The van der Waals surface area contributed by atoms with Crippen LogP contribution < -0.4 is 5.01 Å². The molecule has 1 heterocycles. The Kier molecular flexibility index (Phi) is 4.43. The van der Waals surface area contributed by atoms with Crippen molar-refractivity contribution in [3.05, 3.63) is 95.6 Å². The minimum absolute atomic E-state index is 0.0940. The second kappa shape index (κ2) is 7.04. The van der Waals surface area contributed by atoms with E-state index in [1.807, 2.05) is 74.5 Å². The van der Waals surface area contributed by atoms with Crippen molar-refractivity contribution >= 4 is 23.4 Å². The van der Waals surface area contributed by atoms with E-state index in [4.69, 9.17) is 0 Å². The number of hydrazone groups is 1. The van der Waals surface area contributed by atoms with Crippen LogP contribution in [0.1, 0.15) is 18.1 Å². The minimum Gasteiger partial charge on any atom is -0.267 e. The molecule has 0 aromatic heterocycles. The van der Waals surface area contributed by atoms with E-state index in [0.717, 1.165) is 28.1 Å². The summed E-state index contributed by atoms with van der Waals surface area (Å²) in [6.45, 7) is 3.89. The average molecular weight is 352 g/mol. The van der Waals surface area contributed by atoms with Gasteiger partial charge in [-0.3, -0.25) is 4.79 Å². The monoisotopic (exact) mass is 352 g/mol. The van der Waals surface area contributed by atoms with E-state index in [9.17, 15) is 4.79 Å². The SMILES string of the molecule is CC1=NN(c2ccc(C)cc2)C(=O)C1=Cc1ccc(-c2ccccc2)cc1. The summed E-state index contributed by atoms with van der Waals surface area (Å²) in [5.74, 6) is -0.0940. The normalized spacial score (nSPS) is 15.3. The van der Waals surface area contributed by atoms with Crippen LogP contribution in [0.4, 0.5) is 5.69 Å². The van der Waals surface area contributed by atoms with Crippen LogP contribution in [-0.4, -0.2) is 11.6 Å². The molecule has 0 fully saturated rings. The van der Waals surface area contributed by atoms with Gasteiger partial charge in [-0.2, -0.15) is 10.1 Å². The smallest absolute Gasteiger partial charge is 0.267 e. The van der Waals surface area contributed by atoms with E-state index in [1.165, 1.54) is 10.6 Å². The van der Waals surface area contributed by atoms with Crippen LogP contribution in [0, 0.1) is 6.92 Å². The number of amides is 1. The van der Waals surface area contributed by atoms with E-state index >= 15 is 0 Å². The molecule has 0 unspecified atom stereocenters. The molecule has 3 aromatic carbocycles. The van der Waals surface area contributed by atoms with Crippen molar-refractivity contribution in [2.75, 3.05) is 5.01 Å². The Morgan fingerprint density at radius 3 is 2.07 bits per heavy atom. The summed E-state index contributed by atoms with van der Waals surface area (Å²) in [4.78, 5) is 12.8. The molecule has 0 saturated carbocycles. The van der Waals surface area contributed by atoms with Crippen molar-refractivity contribution in [3.63, 3.8) is 0 Å². The topological polar surface area (TPSA) is 32.7 Å². The Balaban J connectivity index is 1.60. The van der Waals surface area contributed by atoms with Gasteiger partial charge in [0.1, 0.15) is 0 Å². The zero-order chi connectivity index (χ0) is 18.8. The fourth-order valence-corrected chi connectivity index (χ4v) is 3.11. The molecule has 3 heteroatoms. The number of anilines is 1. The second-order valence-electron chi connectivity index (χ2n) is 6.68. The van der Waals surface area contributed by atoms with Crippen LogP contribution in [-0.2, 0) is 4.79 Å². The van der Waals surface area contributed by atoms with Gasteiger partial charge >= 0.3 is 0 Å². The lowest BCUT2D eigenvalue weighted by atomic mass is 10.0. The molecule has 1 aliphatic rings. The highest BCUT2D eigenvalue weighted by Crippen LogP contribution is 2.26. The van der Waals surface area contributed by atoms with Crippen molar-refractivity contribution in [2.24, 2.45) is 5.10 Å². The maximum atomic E-state index is 12.8. The first-order valence-corrected chi connectivity index (χ1v) is 8.96. The van der Waals surface area contributed by atoms with E-state index in [0.29, 0.717) is 5.57 Å². The summed E-state index contributed by atoms with van der Waals surface area (Å²) < 4.78 is 0. The van der Waals surface area contributed by atoms with Gasteiger partial charge in [0.15, 0.2) is 0 Å². The van der Waals surface area contributed by atoms with Crippen LogP contribution in [0.15, 0.2) is 89.5 Å². The first kappa shape index (κ1) is 17.0. The van der Waals surface area contributed by atoms with Gasteiger partial charge in [-0.05, 0) is 48.7 Å². The summed E-state index contributed by atoms with van der Waals surface area (Å²) in [6, 6.07) is 26.3. The summed E-state index contributed by atoms with van der Waals surface area (Å²) in [7, 11) is 0. The van der Waals surface area contributed by atoms with E-state index < -0.39 is 0 Å². The molecule has 0 saturated heterocycles. The van der Waals surface area contributed by atoms with Crippen molar-refractivity contribution in [2.45, 2.75) is 13.8 Å². The van der Waals surface area contributed by atoms with Gasteiger partial charge in [-0.25, -0.2) is 0 Å². The molecule has 0 aliphatic carbocycles. The molecule has 0 radical (unpaired) electrons. The average Bonchev–Trinajstić information content (AvgIpc) is 2.98. The summed E-state index contributed by atoms with van der Waals surface area (Å²) in [5, 5.41) is 5.92.